The number of aromatic nitrogens is 2. The Bertz CT molecular complexity index is 1470. The van der Waals surface area contributed by atoms with E-state index in [0.29, 0.717) is 46.2 Å². The zero-order chi connectivity index (χ0) is 25.8. The standard InChI is InChI=1S/C29H28ClN5O/c1-17-10-12-20(13-11-17)35-27(30)24(18(2)33-35)25-21(16-31)28(32)34(19-8-6-5-7-9-19)22-14-29(3,4)15-23(36)26(22)25/h5-13,25H,14-15,32H2,1-4H3. The molecule has 0 saturated heterocycles. The Morgan fingerprint density at radius 2 is 1.72 bits per heavy atom. The molecule has 2 heterocycles. The maximum atomic E-state index is 13.8. The largest absolute Gasteiger partial charge is 0.384 e. The summed E-state index contributed by atoms with van der Waals surface area (Å²) in [6, 6.07) is 19.8. The average molecular weight is 498 g/mol. The summed E-state index contributed by atoms with van der Waals surface area (Å²) in [6.07, 6.45) is 1.02. The lowest BCUT2D eigenvalue weighted by Crippen LogP contribution is -2.42. The van der Waals surface area contributed by atoms with Gasteiger partial charge in [-0.25, -0.2) is 4.68 Å². The first-order chi connectivity index (χ1) is 17.1. The van der Waals surface area contributed by atoms with E-state index in [1.54, 1.807) is 4.68 Å². The maximum Gasteiger partial charge on any atom is 0.162 e. The van der Waals surface area contributed by atoms with Crippen LogP contribution in [-0.4, -0.2) is 15.6 Å². The molecule has 0 saturated carbocycles. The van der Waals surface area contributed by atoms with E-state index < -0.39 is 5.92 Å². The van der Waals surface area contributed by atoms with E-state index >= 15 is 0 Å². The molecule has 3 aromatic rings. The van der Waals surface area contributed by atoms with Gasteiger partial charge in [0.15, 0.2) is 5.78 Å². The molecule has 1 aromatic heterocycles. The van der Waals surface area contributed by atoms with Gasteiger partial charge in [0.25, 0.3) is 0 Å². The lowest BCUT2D eigenvalue weighted by atomic mass is 9.68. The molecule has 7 heteroatoms. The fourth-order valence-electron chi connectivity index (χ4n) is 5.37. The second-order valence-electron chi connectivity index (χ2n) is 10.4. The van der Waals surface area contributed by atoms with Crippen LogP contribution in [0.4, 0.5) is 5.69 Å². The molecule has 6 nitrogen and oxygen atoms in total. The van der Waals surface area contributed by atoms with Crippen molar-refractivity contribution in [1.29, 1.82) is 5.26 Å². The van der Waals surface area contributed by atoms with Crippen molar-refractivity contribution in [1.82, 2.24) is 9.78 Å². The van der Waals surface area contributed by atoms with Gasteiger partial charge in [0.05, 0.1) is 28.9 Å². The maximum absolute atomic E-state index is 13.8. The van der Waals surface area contributed by atoms with Crippen LogP contribution in [0.1, 0.15) is 49.4 Å². The zero-order valence-electron chi connectivity index (χ0n) is 20.8. The van der Waals surface area contributed by atoms with Gasteiger partial charge in [-0.1, -0.05) is 61.3 Å². The van der Waals surface area contributed by atoms with Crippen molar-refractivity contribution in [3.8, 4) is 11.8 Å². The number of aryl methyl sites for hydroxylation is 2. The average Bonchev–Trinajstić information content (AvgIpc) is 3.12. The molecular formula is C29H28ClN5O. The molecule has 2 N–H and O–H groups in total. The number of carbonyl (C=O) groups excluding carboxylic acids is 1. The van der Waals surface area contributed by atoms with Crippen molar-refractivity contribution in [2.45, 2.75) is 46.5 Å². The summed E-state index contributed by atoms with van der Waals surface area (Å²) in [5.41, 5.74) is 12.2. The number of nitrogens with two attached hydrogens (primary N) is 1. The van der Waals surface area contributed by atoms with E-state index in [9.17, 15) is 10.1 Å². The van der Waals surface area contributed by atoms with Crippen LogP contribution in [0.2, 0.25) is 5.15 Å². The molecule has 1 atom stereocenters. The molecule has 2 aliphatic rings. The summed E-state index contributed by atoms with van der Waals surface area (Å²) < 4.78 is 1.66. The molecular weight excluding hydrogens is 470 g/mol. The third-order valence-electron chi connectivity index (χ3n) is 7.01. The first-order valence-corrected chi connectivity index (χ1v) is 12.3. The molecule has 0 amide bonds. The van der Waals surface area contributed by atoms with Gasteiger partial charge in [-0.2, -0.15) is 10.4 Å². The van der Waals surface area contributed by atoms with E-state index in [4.69, 9.17) is 22.4 Å². The lowest BCUT2D eigenvalue weighted by molar-refractivity contribution is -0.118. The number of para-hydroxylation sites is 1. The topological polar surface area (TPSA) is 87.9 Å². The fraction of sp³-hybridized carbons (Fsp3) is 0.276. The number of anilines is 1. The van der Waals surface area contributed by atoms with Crippen molar-refractivity contribution in [2.75, 3.05) is 4.90 Å². The fourth-order valence-corrected chi connectivity index (χ4v) is 5.75. The molecule has 0 fully saturated rings. The molecule has 0 spiro atoms. The van der Waals surface area contributed by atoms with Crippen LogP contribution < -0.4 is 10.6 Å². The second kappa shape index (κ2) is 8.69. The predicted molar refractivity (Wildman–Crippen MR) is 142 cm³/mol. The molecule has 1 unspecified atom stereocenters. The highest BCUT2D eigenvalue weighted by molar-refractivity contribution is 6.31. The van der Waals surface area contributed by atoms with Gasteiger partial charge < -0.3 is 5.73 Å². The number of ketones is 1. The van der Waals surface area contributed by atoms with Gasteiger partial charge in [-0.3, -0.25) is 9.69 Å². The monoisotopic (exact) mass is 497 g/mol. The Kier molecular flexibility index (Phi) is 5.77. The summed E-state index contributed by atoms with van der Waals surface area (Å²) in [4.78, 5) is 15.7. The number of carbonyl (C=O) groups is 1. The van der Waals surface area contributed by atoms with Crippen molar-refractivity contribution < 1.29 is 4.79 Å². The minimum absolute atomic E-state index is 0.00554. The third kappa shape index (κ3) is 3.81. The zero-order valence-corrected chi connectivity index (χ0v) is 21.6. The number of nitriles is 1. The minimum Gasteiger partial charge on any atom is -0.384 e. The molecule has 2 aromatic carbocycles. The van der Waals surface area contributed by atoms with Crippen LogP contribution in [-0.2, 0) is 4.79 Å². The Hall–Kier alpha value is -3.82. The predicted octanol–water partition coefficient (Wildman–Crippen LogP) is 6.08. The highest BCUT2D eigenvalue weighted by Crippen LogP contribution is 2.51. The van der Waals surface area contributed by atoms with Crippen LogP contribution >= 0.6 is 11.6 Å². The molecule has 1 aliphatic carbocycles. The van der Waals surface area contributed by atoms with Crippen molar-refractivity contribution >= 4 is 23.1 Å². The molecule has 1 aliphatic heterocycles. The summed E-state index contributed by atoms with van der Waals surface area (Å²) in [7, 11) is 0. The van der Waals surface area contributed by atoms with Crippen LogP contribution in [0.25, 0.3) is 5.69 Å². The molecule has 0 bridgehead atoms. The normalized spacial score (nSPS) is 19.4. The smallest absolute Gasteiger partial charge is 0.162 e. The highest BCUT2D eigenvalue weighted by Gasteiger charge is 2.46. The van der Waals surface area contributed by atoms with Gasteiger partial charge in [-0.15, -0.1) is 0 Å². The number of halogens is 1. The number of benzene rings is 2. The lowest BCUT2D eigenvalue weighted by Gasteiger charge is -2.43. The number of Topliss-reactive ketones (excluding diaryl/α,β-unsaturated/α-hetero) is 1. The Labute approximate surface area is 216 Å². The van der Waals surface area contributed by atoms with Crippen LogP contribution in [0.5, 0.6) is 0 Å². The summed E-state index contributed by atoms with van der Waals surface area (Å²) in [6.45, 7) is 8.04. The summed E-state index contributed by atoms with van der Waals surface area (Å²) in [5.74, 6) is -0.359. The third-order valence-corrected chi connectivity index (χ3v) is 7.37. The van der Waals surface area contributed by atoms with E-state index in [1.807, 2.05) is 73.3 Å². The molecule has 0 radical (unpaired) electrons. The number of hydrogen-bond acceptors (Lipinski definition) is 5. The highest BCUT2D eigenvalue weighted by atomic mass is 35.5. The summed E-state index contributed by atoms with van der Waals surface area (Å²) >= 11 is 6.98. The van der Waals surface area contributed by atoms with Crippen LogP contribution in [0, 0.1) is 30.6 Å². The van der Waals surface area contributed by atoms with Crippen molar-refractivity contribution in [2.24, 2.45) is 11.1 Å². The summed E-state index contributed by atoms with van der Waals surface area (Å²) in [5, 5.41) is 15.4. The van der Waals surface area contributed by atoms with Crippen LogP contribution in [0.15, 0.2) is 77.3 Å². The van der Waals surface area contributed by atoms with Gasteiger partial charge in [0.1, 0.15) is 11.0 Å². The van der Waals surface area contributed by atoms with E-state index in [-0.39, 0.29) is 11.2 Å². The van der Waals surface area contributed by atoms with Crippen LogP contribution in [0.3, 0.4) is 0 Å². The van der Waals surface area contributed by atoms with Gasteiger partial charge in [0, 0.05) is 28.9 Å². The van der Waals surface area contributed by atoms with E-state index in [0.717, 1.165) is 22.6 Å². The molecule has 5 rings (SSSR count). The Morgan fingerprint density at radius 3 is 2.36 bits per heavy atom. The Morgan fingerprint density at radius 1 is 1.06 bits per heavy atom. The van der Waals surface area contributed by atoms with E-state index in [2.05, 4.69) is 19.9 Å². The Balaban J connectivity index is 1.77. The number of rotatable bonds is 3. The van der Waals surface area contributed by atoms with Crippen molar-refractivity contribution in [3.05, 3.63) is 99.2 Å². The quantitative estimate of drug-likeness (QED) is 0.473. The van der Waals surface area contributed by atoms with Gasteiger partial charge in [0.2, 0.25) is 0 Å². The number of allylic oxidation sites excluding steroid dienone is 3. The van der Waals surface area contributed by atoms with Gasteiger partial charge in [-0.05, 0) is 49.9 Å². The van der Waals surface area contributed by atoms with Crippen molar-refractivity contribution in [3.63, 3.8) is 0 Å². The minimum atomic E-state index is -0.680. The SMILES string of the molecule is Cc1ccc(-n2nc(C)c(C3C(C#N)=C(N)N(c4ccccc4)C4=C3C(=O)CC(C)(C)C4)c2Cl)cc1. The first kappa shape index (κ1) is 23.9. The molecule has 36 heavy (non-hydrogen) atoms. The van der Waals surface area contributed by atoms with E-state index in [1.165, 1.54) is 0 Å². The molecule has 182 valence electrons. The number of hydrogen-bond donors (Lipinski definition) is 1. The second-order valence-corrected chi connectivity index (χ2v) is 10.7. The number of nitrogens with zero attached hydrogens (tertiary/aromatic N) is 4. The first-order valence-electron chi connectivity index (χ1n) is 12.0. The van der Waals surface area contributed by atoms with Gasteiger partial charge >= 0.3 is 0 Å².